The summed E-state index contributed by atoms with van der Waals surface area (Å²) in [5.41, 5.74) is 5.57. The minimum atomic E-state index is -0.896. The van der Waals surface area contributed by atoms with Crippen molar-refractivity contribution >= 4 is 0 Å². The Kier molecular flexibility index (Phi) is 3.43. The van der Waals surface area contributed by atoms with E-state index in [9.17, 15) is 9.50 Å². The number of likely N-dealkylation sites (tertiary alicyclic amines) is 1. The Bertz CT molecular complexity index is 130. The van der Waals surface area contributed by atoms with E-state index in [0.717, 1.165) is 0 Å². The normalized spacial score (nSPS) is 35.0. The van der Waals surface area contributed by atoms with Gasteiger partial charge in [0.2, 0.25) is 0 Å². The topological polar surface area (TPSA) is 49.5 Å². The van der Waals surface area contributed by atoms with Gasteiger partial charge in [0.25, 0.3) is 0 Å². The summed E-state index contributed by atoms with van der Waals surface area (Å²) in [7, 11) is 0. The Labute approximate surface area is 72.3 Å². The number of hydrogen-bond donors (Lipinski definition) is 2. The highest BCUT2D eigenvalue weighted by Gasteiger charge is 2.25. The van der Waals surface area contributed by atoms with Crippen molar-refractivity contribution in [2.75, 3.05) is 19.6 Å². The van der Waals surface area contributed by atoms with Crippen LogP contribution in [0.2, 0.25) is 0 Å². The highest BCUT2D eigenvalue weighted by molar-refractivity contribution is 4.79. The molecular weight excluding hydrogens is 159 g/mol. The maximum Gasteiger partial charge on any atom is 0.115 e. The number of β-amino-alcohol motifs (C(OH)–C–C–N with tert-alkyl or cyclic N) is 1. The van der Waals surface area contributed by atoms with Gasteiger partial charge in [0, 0.05) is 32.1 Å². The summed E-state index contributed by atoms with van der Waals surface area (Å²) >= 11 is 0. The zero-order valence-electron chi connectivity index (χ0n) is 7.41. The molecule has 72 valence electrons. The minimum Gasteiger partial charge on any atom is -0.392 e. The number of hydrogen-bond acceptors (Lipinski definition) is 3. The van der Waals surface area contributed by atoms with Gasteiger partial charge in [-0.25, -0.2) is 4.39 Å². The third kappa shape index (κ3) is 3.05. The molecule has 1 aliphatic heterocycles. The quantitative estimate of drug-likeness (QED) is 0.609. The molecule has 0 bridgehead atoms. The first-order valence-corrected chi connectivity index (χ1v) is 4.38. The fraction of sp³-hybridized carbons (Fsp3) is 1.00. The van der Waals surface area contributed by atoms with Crippen LogP contribution in [0.1, 0.15) is 13.3 Å². The van der Waals surface area contributed by atoms with Gasteiger partial charge in [-0.1, -0.05) is 0 Å². The molecule has 1 rings (SSSR count). The maximum atomic E-state index is 12.9. The van der Waals surface area contributed by atoms with Crippen molar-refractivity contribution in [3.8, 4) is 0 Å². The number of nitrogens with two attached hydrogens (primary N) is 1. The fourth-order valence-corrected chi connectivity index (χ4v) is 1.65. The molecule has 3 atom stereocenters. The van der Waals surface area contributed by atoms with Crippen LogP contribution in [-0.4, -0.2) is 48.0 Å². The maximum absolute atomic E-state index is 12.9. The Hall–Kier alpha value is -0.190. The first-order chi connectivity index (χ1) is 5.58. The van der Waals surface area contributed by atoms with E-state index >= 15 is 0 Å². The molecule has 3 nitrogen and oxygen atoms in total. The molecule has 1 saturated heterocycles. The summed E-state index contributed by atoms with van der Waals surface area (Å²) in [5, 5.41) is 9.24. The predicted octanol–water partition coefficient (Wildman–Crippen LogP) is -0.262. The Morgan fingerprint density at radius 2 is 2.33 bits per heavy atom. The molecule has 0 aromatic heterocycles. The summed E-state index contributed by atoms with van der Waals surface area (Å²) in [6, 6.07) is 0.0440. The van der Waals surface area contributed by atoms with Gasteiger partial charge in [-0.15, -0.1) is 0 Å². The largest absolute Gasteiger partial charge is 0.392 e. The van der Waals surface area contributed by atoms with E-state index in [1.807, 2.05) is 11.8 Å². The van der Waals surface area contributed by atoms with Crippen molar-refractivity contribution in [3.05, 3.63) is 0 Å². The molecule has 0 saturated carbocycles. The van der Waals surface area contributed by atoms with E-state index in [1.165, 1.54) is 0 Å². The summed E-state index contributed by atoms with van der Waals surface area (Å²) in [6.45, 7) is 3.52. The van der Waals surface area contributed by atoms with Crippen LogP contribution < -0.4 is 5.73 Å². The van der Waals surface area contributed by atoms with Crippen LogP contribution in [0.3, 0.4) is 0 Å². The molecule has 12 heavy (non-hydrogen) atoms. The van der Waals surface area contributed by atoms with E-state index in [2.05, 4.69) is 0 Å². The predicted molar refractivity (Wildman–Crippen MR) is 45.6 cm³/mol. The first-order valence-electron chi connectivity index (χ1n) is 4.38. The highest BCUT2D eigenvalue weighted by atomic mass is 19.1. The molecule has 0 aliphatic carbocycles. The van der Waals surface area contributed by atoms with Crippen molar-refractivity contribution in [2.24, 2.45) is 5.73 Å². The van der Waals surface area contributed by atoms with Gasteiger partial charge in [0.05, 0.1) is 6.10 Å². The minimum absolute atomic E-state index is 0.0440. The van der Waals surface area contributed by atoms with Crippen LogP contribution in [0.25, 0.3) is 0 Å². The second kappa shape index (κ2) is 4.16. The Morgan fingerprint density at radius 3 is 2.83 bits per heavy atom. The van der Waals surface area contributed by atoms with Gasteiger partial charge in [0.1, 0.15) is 6.17 Å². The Morgan fingerprint density at radius 1 is 1.67 bits per heavy atom. The molecule has 3 unspecified atom stereocenters. The zero-order chi connectivity index (χ0) is 9.14. The summed E-state index contributed by atoms with van der Waals surface area (Å²) < 4.78 is 12.9. The number of piperidine rings is 1. The molecule has 3 N–H and O–H groups in total. The van der Waals surface area contributed by atoms with Crippen LogP contribution in [0.4, 0.5) is 4.39 Å². The van der Waals surface area contributed by atoms with Crippen LogP contribution >= 0.6 is 0 Å². The first kappa shape index (κ1) is 9.89. The van der Waals surface area contributed by atoms with Crippen LogP contribution in [-0.2, 0) is 0 Å². The molecule has 1 heterocycles. The van der Waals surface area contributed by atoms with Gasteiger partial charge in [0.15, 0.2) is 0 Å². The van der Waals surface area contributed by atoms with E-state index in [1.54, 1.807) is 0 Å². The number of halogens is 1. The lowest BCUT2D eigenvalue weighted by Gasteiger charge is -2.33. The lowest BCUT2D eigenvalue weighted by atomic mass is 10.1. The molecule has 0 radical (unpaired) electrons. The van der Waals surface area contributed by atoms with Gasteiger partial charge in [-0.3, -0.25) is 4.90 Å². The molecule has 0 aromatic rings. The van der Waals surface area contributed by atoms with Crippen LogP contribution in [0, 0.1) is 0 Å². The van der Waals surface area contributed by atoms with Crippen molar-refractivity contribution in [1.29, 1.82) is 0 Å². The van der Waals surface area contributed by atoms with E-state index in [-0.39, 0.29) is 12.5 Å². The average Bonchev–Trinajstić information content (AvgIpc) is 1.81. The van der Waals surface area contributed by atoms with Gasteiger partial charge in [-0.2, -0.15) is 0 Å². The SMILES string of the molecule is CC(N)CN1CC(O)CC(F)C1. The van der Waals surface area contributed by atoms with Crippen molar-refractivity contribution in [2.45, 2.75) is 31.7 Å². The van der Waals surface area contributed by atoms with Crippen molar-refractivity contribution in [1.82, 2.24) is 4.90 Å². The number of aliphatic hydroxyl groups excluding tert-OH is 1. The van der Waals surface area contributed by atoms with Gasteiger partial charge >= 0.3 is 0 Å². The number of aliphatic hydroxyl groups is 1. The summed E-state index contributed by atoms with van der Waals surface area (Å²) in [4.78, 5) is 1.88. The van der Waals surface area contributed by atoms with Crippen molar-refractivity contribution in [3.63, 3.8) is 0 Å². The van der Waals surface area contributed by atoms with E-state index in [4.69, 9.17) is 5.73 Å². The average molecular weight is 176 g/mol. The van der Waals surface area contributed by atoms with Gasteiger partial charge in [-0.05, 0) is 6.92 Å². The molecule has 4 heteroatoms. The molecule has 1 fully saturated rings. The second-order valence-electron chi connectivity index (χ2n) is 3.68. The van der Waals surface area contributed by atoms with Crippen LogP contribution in [0.15, 0.2) is 0 Å². The number of alkyl halides is 1. The standard InChI is InChI=1S/C8H17FN2O/c1-6(10)3-11-4-7(9)2-8(12)5-11/h6-8,12H,2-5,10H2,1H3. The van der Waals surface area contributed by atoms with Crippen LogP contribution in [0.5, 0.6) is 0 Å². The lowest BCUT2D eigenvalue weighted by molar-refractivity contribution is 0.0246. The lowest BCUT2D eigenvalue weighted by Crippen LogP contribution is -2.47. The molecule has 0 spiro atoms. The second-order valence-corrected chi connectivity index (χ2v) is 3.68. The highest BCUT2D eigenvalue weighted by Crippen LogP contribution is 2.13. The molecule has 0 amide bonds. The van der Waals surface area contributed by atoms with E-state index < -0.39 is 12.3 Å². The summed E-state index contributed by atoms with van der Waals surface area (Å²) in [5.74, 6) is 0. The fourth-order valence-electron chi connectivity index (χ4n) is 1.65. The molecule has 1 aliphatic rings. The summed E-state index contributed by atoms with van der Waals surface area (Å²) in [6.07, 6.45) is -1.14. The number of rotatable bonds is 2. The van der Waals surface area contributed by atoms with Crippen molar-refractivity contribution < 1.29 is 9.50 Å². The van der Waals surface area contributed by atoms with Gasteiger partial charge < -0.3 is 10.8 Å². The monoisotopic (exact) mass is 176 g/mol. The Balaban J connectivity index is 2.34. The molecular formula is C8H17FN2O. The number of nitrogens with zero attached hydrogens (tertiary/aromatic N) is 1. The van der Waals surface area contributed by atoms with E-state index in [0.29, 0.717) is 19.6 Å². The third-order valence-corrected chi connectivity index (χ3v) is 2.00. The molecule has 0 aromatic carbocycles. The zero-order valence-corrected chi connectivity index (χ0v) is 7.41. The smallest absolute Gasteiger partial charge is 0.115 e. The third-order valence-electron chi connectivity index (χ3n) is 2.00.